The molecule has 2 aliphatic rings. The summed E-state index contributed by atoms with van der Waals surface area (Å²) in [6, 6.07) is 4.03. The predicted octanol–water partition coefficient (Wildman–Crippen LogP) is 2.86. The van der Waals surface area contributed by atoms with Crippen molar-refractivity contribution in [1.82, 2.24) is 30.2 Å². The number of aromatic nitrogens is 5. The molecule has 0 aromatic carbocycles. The maximum atomic E-state index is 5.11. The Kier molecular flexibility index (Phi) is 3.55. The summed E-state index contributed by atoms with van der Waals surface area (Å²) in [6.45, 7) is 3.85. The van der Waals surface area contributed by atoms with Crippen molar-refractivity contribution in [2.75, 3.05) is 31.1 Å². The second kappa shape index (κ2) is 6.24. The first-order valence-corrected chi connectivity index (χ1v) is 9.92. The zero-order valence-electron chi connectivity index (χ0n) is 15.5. The van der Waals surface area contributed by atoms with Crippen LogP contribution in [0.5, 0.6) is 0 Å². The average Bonchev–Trinajstić information content (AvgIpc) is 3.49. The zero-order chi connectivity index (χ0) is 18.5. The summed E-state index contributed by atoms with van der Waals surface area (Å²) in [5.74, 6) is 2.39. The van der Waals surface area contributed by atoms with E-state index in [2.05, 4.69) is 25.2 Å². The molecule has 1 aliphatic heterocycles. The van der Waals surface area contributed by atoms with Crippen molar-refractivity contribution >= 4 is 27.8 Å². The molecule has 1 saturated heterocycles. The van der Waals surface area contributed by atoms with Gasteiger partial charge in [-0.25, -0.2) is 15.0 Å². The van der Waals surface area contributed by atoms with Gasteiger partial charge in [-0.05, 0) is 36.5 Å². The van der Waals surface area contributed by atoms with Crippen molar-refractivity contribution in [3.8, 4) is 11.4 Å². The molecule has 0 unspecified atom stereocenters. The fraction of sp³-hybridized carbons (Fsp3) is 0.333. The van der Waals surface area contributed by atoms with Crippen molar-refractivity contribution < 1.29 is 0 Å². The zero-order valence-corrected chi connectivity index (χ0v) is 15.5. The van der Waals surface area contributed by atoms with Crippen LogP contribution < -0.4 is 10.2 Å². The van der Waals surface area contributed by atoms with Crippen molar-refractivity contribution in [2.24, 2.45) is 0 Å². The van der Waals surface area contributed by atoms with Crippen LogP contribution in [0.3, 0.4) is 0 Å². The Labute approximate surface area is 162 Å². The number of nitrogens with one attached hydrogen (secondary N) is 2. The van der Waals surface area contributed by atoms with E-state index in [0.29, 0.717) is 5.92 Å². The predicted molar refractivity (Wildman–Crippen MR) is 109 cm³/mol. The van der Waals surface area contributed by atoms with Crippen molar-refractivity contribution in [1.29, 1.82) is 0 Å². The summed E-state index contributed by atoms with van der Waals surface area (Å²) >= 11 is 0. The summed E-state index contributed by atoms with van der Waals surface area (Å²) in [5, 5.41) is 5.66. The van der Waals surface area contributed by atoms with Gasteiger partial charge in [0.15, 0.2) is 5.82 Å². The lowest BCUT2D eigenvalue weighted by Gasteiger charge is -2.30. The minimum absolute atomic E-state index is 0.602. The third kappa shape index (κ3) is 2.54. The highest BCUT2D eigenvalue weighted by molar-refractivity contribution is 5.97. The molecule has 0 spiro atoms. The van der Waals surface area contributed by atoms with Gasteiger partial charge >= 0.3 is 0 Å². The number of hydrogen-bond donors (Lipinski definition) is 2. The van der Waals surface area contributed by atoms with E-state index in [1.54, 1.807) is 0 Å². The van der Waals surface area contributed by atoms with Crippen LogP contribution in [0.25, 0.3) is 33.3 Å². The summed E-state index contributed by atoms with van der Waals surface area (Å²) < 4.78 is 0. The quantitative estimate of drug-likeness (QED) is 0.576. The first kappa shape index (κ1) is 15.9. The molecule has 0 bridgehead atoms. The second-order valence-electron chi connectivity index (χ2n) is 7.60. The molecule has 0 radical (unpaired) electrons. The third-order valence-electron chi connectivity index (χ3n) is 5.75. The maximum Gasteiger partial charge on any atom is 0.163 e. The van der Waals surface area contributed by atoms with E-state index in [4.69, 9.17) is 9.97 Å². The molecule has 1 aliphatic carbocycles. The molecule has 2 N–H and O–H groups in total. The Morgan fingerprint density at radius 1 is 1.04 bits per heavy atom. The third-order valence-corrected chi connectivity index (χ3v) is 5.75. The lowest BCUT2D eigenvalue weighted by molar-refractivity contribution is 0.586. The number of pyridine rings is 2. The van der Waals surface area contributed by atoms with Crippen molar-refractivity contribution in [3.63, 3.8) is 0 Å². The summed E-state index contributed by atoms with van der Waals surface area (Å²) in [7, 11) is 0. The van der Waals surface area contributed by atoms with Gasteiger partial charge in [-0.15, -0.1) is 0 Å². The van der Waals surface area contributed by atoms with Gasteiger partial charge in [0.1, 0.15) is 11.5 Å². The fourth-order valence-electron chi connectivity index (χ4n) is 4.17. The normalized spacial score (nSPS) is 17.5. The Bertz CT molecular complexity index is 1170. The van der Waals surface area contributed by atoms with E-state index in [0.717, 1.165) is 59.9 Å². The largest absolute Gasteiger partial charge is 0.353 e. The van der Waals surface area contributed by atoms with Gasteiger partial charge < -0.3 is 15.2 Å². The van der Waals surface area contributed by atoms with Gasteiger partial charge in [-0.1, -0.05) is 0 Å². The molecule has 4 aromatic heterocycles. The molecular weight excluding hydrogens is 350 g/mol. The number of anilines is 1. The van der Waals surface area contributed by atoms with Crippen LogP contribution in [0, 0.1) is 0 Å². The van der Waals surface area contributed by atoms with Gasteiger partial charge in [-0.3, -0.25) is 4.98 Å². The van der Waals surface area contributed by atoms with Crippen LogP contribution in [0.1, 0.15) is 24.3 Å². The lowest BCUT2D eigenvalue weighted by atomic mass is 10.1. The molecular formula is C21H21N7. The topological polar surface area (TPSA) is 82.6 Å². The number of fused-ring (bicyclic) bond motifs is 2. The molecule has 5 heterocycles. The molecule has 0 amide bonds. The van der Waals surface area contributed by atoms with Crippen LogP contribution in [0.2, 0.25) is 0 Å². The van der Waals surface area contributed by atoms with Gasteiger partial charge in [-0.2, -0.15) is 0 Å². The first-order valence-electron chi connectivity index (χ1n) is 9.92. The van der Waals surface area contributed by atoms with E-state index in [9.17, 15) is 0 Å². The van der Waals surface area contributed by atoms with E-state index in [-0.39, 0.29) is 0 Å². The summed E-state index contributed by atoms with van der Waals surface area (Å²) in [4.78, 5) is 24.5. The molecule has 1 saturated carbocycles. The van der Waals surface area contributed by atoms with E-state index >= 15 is 0 Å². The Morgan fingerprint density at radius 2 is 1.93 bits per heavy atom. The second-order valence-corrected chi connectivity index (χ2v) is 7.60. The van der Waals surface area contributed by atoms with E-state index < -0.39 is 0 Å². The van der Waals surface area contributed by atoms with E-state index in [1.165, 1.54) is 23.8 Å². The Balaban J connectivity index is 1.62. The van der Waals surface area contributed by atoms with Crippen LogP contribution in [0.15, 0.2) is 36.9 Å². The SMILES string of the molecule is c1cc(-c2nc(N3CCNCC3)c3c(C4CC4)cncc3n2)c2cc[nH]c2n1. The Hall–Kier alpha value is -3.06. The number of nitrogens with zero attached hydrogens (tertiary/aromatic N) is 5. The minimum atomic E-state index is 0.602. The van der Waals surface area contributed by atoms with Crippen molar-refractivity contribution in [2.45, 2.75) is 18.8 Å². The van der Waals surface area contributed by atoms with Crippen LogP contribution >= 0.6 is 0 Å². The molecule has 0 atom stereocenters. The number of piperazine rings is 1. The smallest absolute Gasteiger partial charge is 0.163 e. The van der Waals surface area contributed by atoms with Crippen LogP contribution in [-0.4, -0.2) is 51.1 Å². The number of aromatic amines is 1. The Morgan fingerprint density at radius 3 is 2.79 bits per heavy atom. The van der Waals surface area contributed by atoms with E-state index in [1.807, 2.05) is 36.9 Å². The standard InChI is InChI=1S/C21H21N7/c1-2-13(1)16-11-23-12-17-18(16)21(28-9-7-22-8-10-28)27-20(26-17)15-4-6-25-19-14(15)3-5-24-19/h3-6,11-13,22H,1-2,7-10H2,(H,24,25). The molecule has 4 aromatic rings. The molecule has 140 valence electrons. The van der Waals surface area contributed by atoms with Gasteiger partial charge in [0.05, 0.1) is 11.7 Å². The van der Waals surface area contributed by atoms with Crippen LogP contribution in [0.4, 0.5) is 5.82 Å². The highest BCUT2D eigenvalue weighted by Crippen LogP contribution is 2.45. The summed E-state index contributed by atoms with van der Waals surface area (Å²) in [5.41, 5.74) is 4.10. The molecule has 7 nitrogen and oxygen atoms in total. The number of rotatable bonds is 3. The highest BCUT2D eigenvalue weighted by Gasteiger charge is 2.29. The van der Waals surface area contributed by atoms with Gasteiger partial charge in [0, 0.05) is 61.1 Å². The lowest BCUT2D eigenvalue weighted by Crippen LogP contribution is -2.44. The minimum Gasteiger partial charge on any atom is -0.353 e. The molecule has 7 heteroatoms. The highest BCUT2D eigenvalue weighted by atomic mass is 15.2. The molecule has 6 rings (SSSR count). The first-order chi connectivity index (χ1) is 13.9. The monoisotopic (exact) mass is 371 g/mol. The maximum absolute atomic E-state index is 5.11. The fourth-order valence-corrected chi connectivity index (χ4v) is 4.17. The van der Waals surface area contributed by atoms with Crippen molar-refractivity contribution in [3.05, 3.63) is 42.5 Å². The molecule has 28 heavy (non-hydrogen) atoms. The van der Waals surface area contributed by atoms with Gasteiger partial charge in [0.2, 0.25) is 0 Å². The van der Waals surface area contributed by atoms with Gasteiger partial charge in [0.25, 0.3) is 0 Å². The summed E-state index contributed by atoms with van der Waals surface area (Å²) in [6.07, 6.45) is 10.1. The average molecular weight is 371 g/mol. The number of H-pyrrole nitrogens is 1. The van der Waals surface area contributed by atoms with Crippen LogP contribution in [-0.2, 0) is 0 Å². The molecule has 2 fully saturated rings. The number of hydrogen-bond acceptors (Lipinski definition) is 6.